The molecule has 6 heteroatoms. The number of benzene rings is 1. The van der Waals surface area contributed by atoms with Gasteiger partial charge in [0.1, 0.15) is 0 Å². The Balaban J connectivity index is 1.66. The molecule has 0 aliphatic heterocycles. The van der Waals surface area contributed by atoms with E-state index in [4.69, 9.17) is 0 Å². The molecule has 2 atom stereocenters. The topological polar surface area (TPSA) is 82.1 Å². The van der Waals surface area contributed by atoms with E-state index in [1.807, 2.05) is 23.6 Å². The Kier molecular flexibility index (Phi) is 6.40. The van der Waals surface area contributed by atoms with Crippen LogP contribution in [0.15, 0.2) is 41.8 Å². The maximum Gasteiger partial charge on any atom is 0.230 e. The van der Waals surface area contributed by atoms with E-state index in [9.17, 15) is 14.7 Å². The summed E-state index contributed by atoms with van der Waals surface area (Å²) in [4.78, 5) is 28.3. The molecule has 1 amide bonds. The highest BCUT2D eigenvalue weighted by Gasteiger charge is 2.30. The van der Waals surface area contributed by atoms with Crippen molar-refractivity contribution in [2.24, 2.45) is 11.8 Å². The van der Waals surface area contributed by atoms with Gasteiger partial charge < -0.3 is 15.2 Å². The van der Waals surface area contributed by atoms with Crippen molar-refractivity contribution < 1.29 is 14.7 Å². The van der Waals surface area contributed by atoms with Crippen molar-refractivity contribution in [1.82, 2.24) is 4.98 Å². The standard InChI is InChI=1S/C21H24N2O3S/c1-2-3-6-14-9-11-15(12-10-14)18-13-27-21(22-18)23-19(24)16-7-4-5-8-17(16)20(25)26/h4-5,9-13,16-17H,2-3,6-8H2,1H3,(H,25,26)(H,22,23,24)/p-1/t16-,17-/m0/s1. The first kappa shape index (κ1) is 19.3. The fraction of sp³-hybridized carbons (Fsp3) is 0.381. The molecule has 0 bridgehead atoms. The smallest absolute Gasteiger partial charge is 0.230 e. The number of aliphatic carboxylic acids is 1. The summed E-state index contributed by atoms with van der Waals surface area (Å²) in [5.74, 6) is -2.90. The van der Waals surface area contributed by atoms with Crippen LogP contribution in [-0.4, -0.2) is 16.9 Å². The Labute approximate surface area is 163 Å². The van der Waals surface area contributed by atoms with Crippen molar-refractivity contribution in [1.29, 1.82) is 0 Å². The largest absolute Gasteiger partial charge is 0.550 e. The molecular weight excluding hydrogens is 360 g/mol. The minimum atomic E-state index is -1.18. The second kappa shape index (κ2) is 8.95. The lowest BCUT2D eigenvalue weighted by Gasteiger charge is -2.27. The third-order valence-corrected chi connectivity index (χ3v) is 5.63. The van der Waals surface area contributed by atoms with Crippen LogP contribution in [0.4, 0.5) is 5.13 Å². The van der Waals surface area contributed by atoms with Crippen LogP contribution in [0.1, 0.15) is 38.2 Å². The number of carboxylic acids is 1. The Morgan fingerprint density at radius 3 is 2.56 bits per heavy atom. The maximum absolute atomic E-state index is 12.5. The number of carbonyl (C=O) groups excluding carboxylic acids is 2. The molecule has 1 N–H and O–H groups in total. The first-order valence-corrected chi connectivity index (χ1v) is 10.2. The number of aromatic nitrogens is 1. The minimum Gasteiger partial charge on any atom is -0.550 e. The molecule has 1 aliphatic rings. The van der Waals surface area contributed by atoms with Gasteiger partial charge in [0.2, 0.25) is 5.91 Å². The molecule has 0 fully saturated rings. The second-order valence-electron chi connectivity index (χ2n) is 6.80. The summed E-state index contributed by atoms with van der Waals surface area (Å²) in [6.45, 7) is 2.18. The van der Waals surface area contributed by atoms with Crippen molar-refractivity contribution in [3.05, 3.63) is 47.4 Å². The fourth-order valence-electron chi connectivity index (χ4n) is 3.25. The van der Waals surface area contributed by atoms with E-state index in [-0.39, 0.29) is 5.91 Å². The van der Waals surface area contributed by atoms with Crippen LogP contribution in [-0.2, 0) is 16.0 Å². The molecule has 1 heterocycles. The molecule has 0 saturated carbocycles. The summed E-state index contributed by atoms with van der Waals surface area (Å²) in [6.07, 6.45) is 7.79. The van der Waals surface area contributed by atoms with Gasteiger partial charge in [0.25, 0.3) is 0 Å². The molecular formula is C21H23N2O3S-. The molecule has 0 saturated heterocycles. The highest BCUT2D eigenvalue weighted by molar-refractivity contribution is 7.14. The summed E-state index contributed by atoms with van der Waals surface area (Å²) in [5.41, 5.74) is 3.11. The van der Waals surface area contributed by atoms with Crippen LogP contribution in [0, 0.1) is 11.8 Å². The van der Waals surface area contributed by atoms with Crippen molar-refractivity contribution in [3.8, 4) is 11.3 Å². The Bertz CT molecular complexity index is 826. The van der Waals surface area contributed by atoms with Gasteiger partial charge in [0.15, 0.2) is 5.13 Å². The Morgan fingerprint density at radius 1 is 1.19 bits per heavy atom. The first-order valence-electron chi connectivity index (χ1n) is 9.30. The third-order valence-electron chi connectivity index (χ3n) is 4.87. The van der Waals surface area contributed by atoms with Gasteiger partial charge in [-0.05, 0) is 31.2 Å². The minimum absolute atomic E-state index is 0.315. The Hall–Kier alpha value is -2.47. The fourth-order valence-corrected chi connectivity index (χ4v) is 3.97. The Morgan fingerprint density at radius 2 is 1.89 bits per heavy atom. The monoisotopic (exact) mass is 383 g/mol. The highest BCUT2D eigenvalue weighted by Crippen LogP contribution is 2.29. The summed E-state index contributed by atoms with van der Waals surface area (Å²) < 4.78 is 0. The van der Waals surface area contributed by atoms with Gasteiger partial charge >= 0.3 is 0 Å². The van der Waals surface area contributed by atoms with Crippen molar-refractivity contribution >= 4 is 28.3 Å². The number of thiazole rings is 1. The molecule has 2 aromatic rings. The van der Waals surface area contributed by atoms with Crippen molar-refractivity contribution in [2.45, 2.75) is 39.0 Å². The second-order valence-corrected chi connectivity index (χ2v) is 7.66. The summed E-state index contributed by atoms with van der Waals surface area (Å²) in [6, 6.07) is 8.32. The van der Waals surface area contributed by atoms with E-state index in [0.29, 0.717) is 18.0 Å². The predicted octanol–water partition coefficient (Wildman–Crippen LogP) is 3.42. The zero-order chi connectivity index (χ0) is 19.2. The SMILES string of the molecule is CCCCc1ccc(-c2csc(NC(=O)[C@H]3CC=CC[C@@H]3C(=O)[O-])n2)cc1. The quantitative estimate of drug-likeness (QED) is 0.743. The van der Waals surface area contributed by atoms with E-state index in [1.54, 1.807) is 6.08 Å². The van der Waals surface area contributed by atoms with Gasteiger partial charge in [-0.2, -0.15) is 0 Å². The number of aryl methyl sites for hydroxylation is 1. The zero-order valence-corrected chi connectivity index (χ0v) is 16.1. The van der Waals surface area contributed by atoms with Crippen molar-refractivity contribution in [3.63, 3.8) is 0 Å². The first-order chi connectivity index (χ1) is 13.1. The van der Waals surface area contributed by atoms with E-state index in [1.165, 1.54) is 29.7 Å². The van der Waals surface area contributed by atoms with Crippen LogP contribution in [0.2, 0.25) is 0 Å². The molecule has 1 aromatic heterocycles. The maximum atomic E-state index is 12.5. The van der Waals surface area contributed by atoms with Crippen LogP contribution in [0.25, 0.3) is 11.3 Å². The zero-order valence-electron chi connectivity index (χ0n) is 15.3. The number of hydrogen-bond acceptors (Lipinski definition) is 5. The van der Waals surface area contributed by atoms with E-state index >= 15 is 0 Å². The normalized spacial score (nSPS) is 19.0. The number of amides is 1. The number of hydrogen-bond donors (Lipinski definition) is 1. The lowest BCUT2D eigenvalue weighted by molar-refractivity contribution is -0.313. The predicted molar refractivity (Wildman–Crippen MR) is 105 cm³/mol. The lowest BCUT2D eigenvalue weighted by atomic mass is 9.82. The number of rotatable bonds is 7. The number of carbonyl (C=O) groups is 2. The summed E-state index contributed by atoms with van der Waals surface area (Å²) >= 11 is 1.34. The highest BCUT2D eigenvalue weighted by atomic mass is 32.1. The average molecular weight is 383 g/mol. The van der Waals surface area contributed by atoms with Gasteiger partial charge in [-0.15, -0.1) is 11.3 Å². The molecule has 27 heavy (non-hydrogen) atoms. The van der Waals surface area contributed by atoms with E-state index < -0.39 is 17.8 Å². The average Bonchev–Trinajstić information content (AvgIpc) is 3.15. The van der Waals surface area contributed by atoms with Gasteiger partial charge in [-0.1, -0.05) is 49.8 Å². The van der Waals surface area contributed by atoms with E-state index in [2.05, 4.69) is 29.4 Å². The number of allylic oxidation sites excluding steroid dienone is 2. The van der Waals surface area contributed by atoms with Crippen LogP contribution in [0.3, 0.4) is 0 Å². The summed E-state index contributed by atoms with van der Waals surface area (Å²) in [7, 11) is 0. The van der Waals surface area contributed by atoms with Gasteiger partial charge in [-0.3, -0.25) is 4.79 Å². The van der Waals surface area contributed by atoms with Gasteiger partial charge in [0.05, 0.1) is 11.6 Å². The molecule has 0 unspecified atom stereocenters. The number of anilines is 1. The van der Waals surface area contributed by atoms with Gasteiger partial charge in [0, 0.05) is 22.8 Å². The number of nitrogens with zero attached hydrogens (tertiary/aromatic N) is 1. The van der Waals surface area contributed by atoms with Gasteiger partial charge in [-0.25, -0.2) is 4.98 Å². The van der Waals surface area contributed by atoms with Crippen LogP contribution < -0.4 is 10.4 Å². The van der Waals surface area contributed by atoms with Crippen LogP contribution >= 0.6 is 11.3 Å². The molecule has 5 nitrogen and oxygen atoms in total. The molecule has 142 valence electrons. The van der Waals surface area contributed by atoms with Crippen molar-refractivity contribution in [2.75, 3.05) is 5.32 Å². The number of carboxylic acid groups (broad SMARTS) is 1. The molecule has 1 aromatic carbocycles. The van der Waals surface area contributed by atoms with Crippen LogP contribution in [0.5, 0.6) is 0 Å². The summed E-state index contributed by atoms with van der Waals surface area (Å²) in [5, 5.41) is 16.4. The lowest BCUT2D eigenvalue weighted by Crippen LogP contribution is -2.41. The number of unbranched alkanes of at least 4 members (excludes halogenated alkanes) is 1. The van der Waals surface area contributed by atoms with E-state index in [0.717, 1.165) is 17.7 Å². The third kappa shape index (κ3) is 4.83. The number of nitrogens with one attached hydrogen (secondary N) is 1. The molecule has 0 spiro atoms. The molecule has 3 rings (SSSR count). The molecule has 0 radical (unpaired) electrons. The molecule has 1 aliphatic carbocycles.